The van der Waals surface area contributed by atoms with Crippen molar-refractivity contribution in [2.45, 2.75) is 18.8 Å². The maximum Gasteiger partial charge on any atom is 0.229 e. The molecule has 3 aromatic rings. The van der Waals surface area contributed by atoms with E-state index in [4.69, 9.17) is 11.6 Å². The first-order valence-electron chi connectivity index (χ1n) is 8.13. The lowest BCUT2D eigenvalue weighted by Gasteiger charge is -2.16. The fraction of sp³-hybridized carbons (Fsp3) is 0.222. The Morgan fingerprint density at radius 2 is 2.11 bits per heavy atom. The van der Waals surface area contributed by atoms with Crippen LogP contribution in [-0.2, 0) is 14.8 Å². The Balaban J connectivity index is 2.14. The number of hydrogen-bond donors (Lipinski definition) is 2. The van der Waals surface area contributed by atoms with Gasteiger partial charge in [-0.15, -0.1) is 0 Å². The highest BCUT2D eigenvalue weighted by Gasteiger charge is 2.23. The lowest BCUT2D eigenvalue weighted by atomic mass is 9.89. The first-order valence-corrected chi connectivity index (χ1v) is 10.4. The number of aromatic amines is 1. The minimum atomic E-state index is -3.48. The van der Waals surface area contributed by atoms with E-state index in [9.17, 15) is 17.6 Å². The molecule has 1 unspecified atom stereocenters. The van der Waals surface area contributed by atoms with Crippen molar-refractivity contribution < 1.29 is 17.6 Å². The summed E-state index contributed by atoms with van der Waals surface area (Å²) >= 11 is 5.85. The smallest absolute Gasteiger partial charge is 0.229 e. The molecule has 0 fully saturated rings. The van der Waals surface area contributed by atoms with Gasteiger partial charge in [0.05, 0.1) is 23.2 Å². The SMILES string of the molecule is CS(=O)(=O)Nc1cccc2c(C(CCC=O)c3ccc(Cl)cc3F)n[nH]c12. The number of benzene rings is 2. The van der Waals surface area contributed by atoms with Crippen LogP contribution in [0.4, 0.5) is 10.1 Å². The zero-order valence-electron chi connectivity index (χ0n) is 14.4. The molecule has 1 heterocycles. The van der Waals surface area contributed by atoms with Crippen LogP contribution in [0.15, 0.2) is 36.4 Å². The number of nitrogens with zero attached hydrogens (tertiary/aromatic N) is 1. The molecule has 1 aromatic heterocycles. The summed E-state index contributed by atoms with van der Waals surface area (Å²) in [6.07, 6.45) is 2.40. The molecule has 9 heteroatoms. The average Bonchev–Trinajstić information content (AvgIpc) is 3.00. The number of fused-ring (bicyclic) bond motifs is 1. The number of rotatable bonds is 7. The second-order valence-corrected chi connectivity index (χ2v) is 8.36. The van der Waals surface area contributed by atoms with Gasteiger partial charge in [-0.25, -0.2) is 12.8 Å². The summed E-state index contributed by atoms with van der Waals surface area (Å²) in [5.74, 6) is -0.977. The number of aromatic nitrogens is 2. The van der Waals surface area contributed by atoms with E-state index in [0.717, 1.165) is 12.5 Å². The Kier molecular flexibility index (Phi) is 5.48. The molecule has 0 amide bonds. The van der Waals surface area contributed by atoms with Gasteiger partial charge in [0.15, 0.2) is 0 Å². The maximum absolute atomic E-state index is 14.5. The van der Waals surface area contributed by atoms with Gasteiger partial charge in [0.25, 0.3) is 0 Å². The average molecular weight is 410 g/mol. The summed E-state index contributed by atoms with van der Waals surface area (Å²) in [6.45, 7) is 0. The summed E-state index contributed by atoms with van der Waals surface area (Å²) in [5, 5.41) is 8.05. The molecule has 3 rings (SSSR count). The van der Waals surface area contributed by atoms with E-state index in [1.807, 2.05) is 0 Å². The van der Waals surface area contributed by atoms with Gasteiger partial charge >= 0.3 is 0 Å². The van der Waals surface area contributed by atoms with Crippen LogP contribution in [0, 0.1) is 5.82 Å². The molecule has 0 aliphatic carbocycles. The molecule has 2 N–H and O–H groups in total. The van der Waals surface area contributed by atoms with Crippen LogP contribution in [0.3, 0.4) is 0 Å². The molecule has 27 heavy (non-hydrogen) atoms. The third-order valence-corrected chi connectivity index (χ3v) is 4.99. The van der Waals surface area contributed by atoms with Crippen LogP contribution in [0.25, 0.3) is 10.9 Å². The van der Waals surface area contributed by atoms with Gasteiger partial charge in [0.2, 0.25) is 10.0 Å². The Labute approximate surface area is 160 Å². The number of sulfonamides is 1. The van der Waals surface area contributed by atoms with Gasteiger partial charge < -0.3 is 4.79 Å². The molecule has 2 aromatic carbocycles. The quantitative estimate of drug-likeness (QED) is 0.580. The number of nitrogens with one attached hydrogen (secondary N) is 2. The first-order chi connectivity index (χ1) is 12.8. The van der Waals surface area contributed by atoms with Gasteiger partial charge in [-0.2, -0.15) is 5.10 Å². The van der Waals surface area contributed by atoms with E-state index >= 15 is 0 Å². The first kappa shape index (κ1) is 19.3. The Hall–Kier alpha value is -2.45. The van der Waals surface area contributed by atoms with Crippen molar-refractivity contribution in [3.63, 3.8) is 0 Å². The van der Waals surface area contributed by atoms with Gasteiger partial charge in [0.1, 0.15) is 12.1 Å². The Morgan fingerprint density at radius 1 is 1.33 bits per heavy atom. The molecule has 0 bridgehead atoms. The van der Waals surface area contributed by atoms with Crippen molar-refractivity contribution in [3.8, 4) is 0 Å². The molecule has 6 nitrogen and oxygen atoms in total. The van der Waals surface area contributed by atoms with E-state index in [1.54, 1.807) is 30.3 Å². The molecule has 0 saturated carbocycles. The molecule has 0 saturated heterocycles. The summed E-state index contributed by atoms with van der Waals surface area (Å²) in [6, 6.07) is 9.43. The third-order valence-electron chi connectivity index (χ3n) is 4.17. The number of hydrogen-bond acceptors (Lipinski definition) is 4. The largest absolute Gasteiger partial charge is 0.303 e. The van der Waals surface area contributed by atoms with E-state index in [1.165, 1.54) is 6.07 Å². The van der Waals surface area contributed by atoms with Crippen LogP contribution in [0.5, 0.6) is 0 Å². The van der Waals surface area contributed by atoms with Crippen LogP contribution in [0.1, 0.15) is 30.0 Å². The van der Waals surface area contributed by atoms with Gasteiger partial charge in [-0.1, -0.05) is 29.8 Å². The molecule has 0 aliphatic rings. The van der Waals surface area contributed by atoms with E-state index in [-0.39, 0.29) is 11.4 Å². The van der Waals surface area contributed by atoms with E-state index < -0.39 is 21.8 Å². The van der Waals surface area contributed by atoms with Gasteiger partial charge in [-0.3, -0.25) is 9.82 Å². The van der Waals surface area contributed by atoms with E-state index in [0.29, 0.717) is 34.3 Å². The molecule has 142 valence electrons. The summed E-state index contributed by atoms with van der Waals surface area (Å²) in [7, 11) is -3.48. The van der Waals surface area contributed by atoms with Crippen molar-refractivity contribution >= 4 is 44.5 Å². The number of H-pyrrole nitrogens is 1. The van der Waals surface area contributed by atoms with E-state index in [2.05, 4.69) is 14.9 Å². The molecular formula is C18H17ClFN3O3S. The number of para-hydroxylation sites is 1. The number of carbonyl (C=O) groups excluding carboxylic acids is 1. The normalized spacial score (nSPS) is 12.9. The number of anilines is 1. The topological polar surface area (TPSA) is 91.9 Å². The molecule has 0 radical (unpaired) electrons. The molecular weight excluding hydrogens is 393 g/mol. The third kappa shape index (κ3) is 4.28. The molecule has 0 spiro atoms. The maximum atomic E-state index is 14.5. The summed E-state index contributed by atoms with van der Waals surface area (Å²) < 4.78 is 40.1. The van der Waals surface area contributed by atoms with Crippen molar-refractivity contribution in [2.24, 2.45) is 0 Å². The predicted molar refractivity (Wildman–Crippen MR) is 103 cm³/mol. The highest BCUT2D eigenvalue weighted by Crippen LogP contribution is 2.36. The van der Waals surface area contributed by atoms with Crippen LogP contribution in [-0.4, -0.2) is 31.2 Å². The molecule has 1 atom stereocenters. The fourth-order valence-electron chi connectivity index (χ4n) is 3.07. The van der Waals surface area contributed by atoms with Crippen molar-refractivity contribution in [3.05, 3.63) is 58.5 Å². The van der Waals surface area contributed by atoms with Gasteiger partial charge in [0, 0.05) is 22.7 Å². The monoisotopic (exact) mass is 409 g/mol. The fourth-order valence-corrected chi connectivity index (χ4v) is 3.80. The number of carbonyl (C=O) groups is 1. The van der Waals surface area contributed by atoms with Crippen LogP contribution < -0.4 is 4.72 Å². The van der Waals surface area contributed by atoms with Gasteiger partial charge in [-0.05, 0) is 30.2 Å². The van der Waals surface area contributed by atoms with Crippen molar-refractivity contribution in [1.29, 1.82) is 0 Å². The van der Waals surface area contributed by atoms with Crippen LogP contribution in [0.2, 0.25) is 5.02 Å². The second kappa shape index (κ2) is 7.66. The number of halogens is 2. The summed E-state index contributed by atoms with van der Waals surface area (Å²) in [4.78, 5) is 10.9. The van der Waals surface area contributed by atoms with Crippen molar-refractivity contribution in [2.75, 3.05) is 11.0 Å². The highest BCUT2D eigenvalue weighted by molar-refractivity contribution is 7.92. The van der Waals surface area contributed by atoms with Crippen LogP contribution >= 0.6 is 11.6 Å². The Morgan fingerprint density at radius 3 is 2.78 bits per heavy atom. The lowest BCUT2D eigenvalue weighted by molar-refractivity contribution is -0.107. The minimum Gasteiger partial charge on any atom is -0.303 e. The zero-order chi connectivity index (χ0) is 19.6. The van der Waals surface area contributed by atoms with Crippen molar-refractivity contribution in [1.82, 2.24) is 10.2 Å². The highest BCUT2D eigenvalue weighted by atomic mass is 35.5. The lowest BCUT2D eigenvalue weighted by Crippen LogP contribution is -2.09. The minimum absolute atomic E-state index is 0.225. The standard InChI is InChI=1S/C18H17ClFN3O3S/c1-27(25,26)23-16-6-2-4-14-17(21-22-18(14)16)13(5-3-9-24)12-8-7-11(19)10-15(12)20/h2,4,6-10,13,23H,3,5H2,1H3,(H,21,22). The Bertz CT molecular complexity index is 1100. The predicted octanol–water partition coefficient (Wildman–Crippen LogP) is 3.84. The summed E-state index contributed by atoms with van der Waals surface area (Å²) in [5.41, 5.74) is 1.74. The number of aldehydes is 1. The second-order valence-electron chi connectivity index (χ2n) is 6.17. The molecule has 0 aliphatic heterocycles. The zero-order valence-corrected chi connectivity index (χ0v) is 15.9.